The minimum Gasteiger partial charge on any atom is -0.494 e. The number of carbonyl (C=O) groups excluding carboxylic acids is 1. The van der Waals surface area contributed by atoms with E-state index < -0.39 is 5.92 Å². The summed E-state index contributed by atoms with van der Waals surface area (Å²) in [7, 11) is 1.63. The van der Waals surface area contributed by atoms with Crippen molar-refractivity contribution >= 4 is 28.0 Å². The normalized spacial score (nSPS) is 16.9. The Labute approximate surface area is 169 Å². The molecule has 1 atom stereocenters. The van der Waals surface area contributed by atoms with Crippen LogP contribution in [0.25, 0.3) is 10.8 Å². The van der Waals surface area contributed by atoms with Crippen LogP contribution >= 0.6 is 0 Å². The summed E-state index contributed by atoms with van der Waals surface area (Å²) in [6, 6.07) is 29.7. The number of ether oxygens (including phenoxy) is 1. The van der Waals surface area contributed by atoms with E-state index in [9.17, 15) is 4.79 Å². The highest BCUT2D eigenvalue weighted by atomic mass is 16.5. The van der Waals surface area contributed by atoms with Gasteiger partial charge in [-0.15, -0.1) is 0 Å². The number of hydrogen-bond donors (Lipinski definition) is 0. The van der Waals surface area contributed by atoms with E-state index in [1.54, 1.807) is 7.11 Å². The topological polar surface area (TPSA) is 38.7 Å². The van der Waals surface area contributed by atoms with Crippen LogP contribution in [0.1, 0.15) is 27.4 Å². The smallest absolute Gasteiger partial charge is 0.176 e. The highest BCUT2D eigenvalue weighted by Crippen LogP contribution is 2.38. The molecule has 0 heterocycles. The van der Waals surface area contributed by atoms with Gasteiger partial charge in [-0.25, -0.2) is 4.99 Å². The van der Waals surface area contributed by atoms with Crippen molar-refractivity contribution in [1.82, 2.24) is 0 Å². The third kappa shape index (κ3) is 2.92. The van der Waals surface area contributed by atoms with Gasteiger partial charge >= 0.3 is 0 Å². The number of benzene rings is 4. The molecule has 0 aliphatic heterocycles. The summed E-state index contributed by atoms with van der Waals surface area (Å²) in [5.41, 5.74) is 4.06. The zero-order valence-corrected chi connectivity index (χ0v) is 16.0. The maximum absolute atomic E-state index is 13.4. The van der Waals surface area contributed by atoms with Gasteiger partial charge in [-0.1, -0.05) is 78.9 Å². The third-order valence-electron chi connectivity index (χ3n) is 5.44. The van der Waals surface area contributed by atoms with Gasteiger partial charge in [0.25, 0.3) is 0 Å². The summed E-state index contributed by atoms with van der Waals surface area (Å²) >= 11 is 0. The van der Waals surface area contributed by atoms with Crippen LogP contribution in [0.15, 0.2) is 96.0 Å². The fraction of sp³-hybridized carbons (Fsp3) is 0.0769. The van der Waals surface area contributed by atoms with Crippen LogP contribution in [0.5, 0.6) is 5.75 Å². The van der Waals surface area contributed by atoms with Crippen molar-refractivity contribution in [3.05, 3.63) is 108 Å². The van der Waals surface area contributed by atoms with Crippen molar-refractivity contribution < 1.29 is 9.53 Å². The maximum atomic E-state index is 13.4. The first-order chi connectivity index (χ1) is 14.3. The summed E-state index contributed by atoms with van der Waals surface area (Å²) < 4.78 is 5.48. The number of Topliss-reactive ketones (excluding diaryl/α,β-unsaturated/α-hetero) is 1. The van der Waals surface area contributed by atoms with Gasteiger partial charge in [-0.05, 0) is 28.5 Å². The van der Waals surface area contributed by atoms with Crippen LogP contribution < -0.4 is 4.74 Å². The average Bonchev–Trinajstić information content (AvgIpc) is 3.05. The summed E-state index contributed by atoms with van der Waals surface area (Å²) in [4.78, 5) is 18.3. The Kier molecular flexibility index (Phi) is 4.21. The van der Waals surface area contributed by atoms with Crippen molar-refractivity contribution in [2.45, 2.75) is 5.92 Å². The standard InChI is InChI=1S/C26H19NO2/c1-29-23-13-7-6-12-22(23)27-25-20-10-4-5-11-21(20)26(28)24(25)19-15-14-17-8-2-3-9-18(17)16-19/h2-16,24H,1H3/t24-/m1/s1. The Balaban J connectivity index is 1.72. The number of fused-ring (bicyclic) bond motifs is 2. The number of rotatable bonds is 3. The fourth-order valence-electron chi connectivity index (χ4n) is 4.03. The van der Waals surface area contributed by atoms with Gasteiger partial charge in [-0.2, -0.15) is 0 Å². The lowest BCUT2D eigenvalue weighted by Gasteiger charge is -2.13. The van der Waals surface area contributed by atoms with Crippen molar-refractivity contribution in [2.24, 2.45) is 4.99 Å². The lowest BCUT2D eigenvalue weighted by Crippen LogP contribution is -2.13. The SMILES string of the molecule is COc1ccccc1N=C1c2ccccc2C(=O)[C@@H]1c1ccc2ccccc2c1. The van der Waals surface area contributed by atoms with Gasteiger partial charge < -0.3 is 4.74 Å². The second kappa shape index (κ2) is 7.02. The van der Waals surface area contributed by atoms with Crippen molar-refractivity contribution in [3.63, 3.8) is 0 Å². The molecular formula is C26H19NO2. The number of carbonyl (C=O) groups is 1. The molecule has 1 aliphatic carbocycles. The highest BCUT2D eigenvalue weighted by molar-refractivity contribution is 6.32. The molecule has 0 aromatic heterocycles. The number of nitrogens with zero attached hydrogens (tertiary/aromatic N) is 1. The van der Waals surface area contributed by atoms with E-state index >= 15 is 0 Å². The molecule has 0 saturated carbocycles. The Morgan fingerprint density at radius 3 is 2.28 bits per heavy atom. The van der Waals surface area contributed by atoms with Gasteiger partial charge in [0.15, 0.2) is 5.78 Å². The molecule has 0 radical (unpaired) electrons. The van der Waals surface area contributed by atoms with E-state index in [1.165, 1.54) is 0 Å². The Hall–Kier alpha value is -3.72. The molecule has 29 heavy (non-hydrogen) atoms. The van der Waals surface area contributed by atoms with E-state index in [4.69, 9.17) is 9.73 Å². The zero-order valence-electron chi connectivity index (χ0n) is 16.0. The largest absolute Gasteiger partial charge is 0.494 e. The van der Waals surface area contributed by atoms with Crippen molar-refractivity contribution in [3.8, 4) is 5.75 Å². The lowest BCUT2D eigenvalue weighted by molar-refractivity contribution is 0.0988. The van der Waals surface area contributed by atoms with Gasteiger partial charge in [0.2, 0.25) is 0 Å². The van der Waals surface area contributed by atoms with Gasteiger partial charge in [-0.3, -0.25) is 4.79 Å². The molecule has 0 unspecified atom stereocenters. The number of para-hydroxylation sites is 2. The first kappa shape index (κ1) is 17.4. The molecule has 5 rings (SSSR count). The van der Waals surface area contributed by atoms with Crippen LogP contribution in [-0.2, 0) is 0 Å². The highest BCUT2D eigenvalue weighted by Gasteiger charge is 2.37. The average molecular weight is 377 g/mol. The molecule has 0 fully saturated rings. The van der Waals surface area contributed by atoms with Gasteiger partial charge in [0.05, 0.1) is 18.7 Å². The second-order valence-corrected chi connectivity index (χ2v) is 7.12. The fourth-order valence-corrected chi connectivity index (χ4v) is 4.03. The minimum absolute atomic E-state index is 0.0875. The first-order valence-corrected chi connectivity index (χ1v) is 9.60. The van der Waals surface area contributed by atoms with E-state index in [0.29, 0.717) is 5.75 Å². The minimum atomic E-state index is -0.429. The number of aliphatic imine (C=N–C) groups is 1. The Bertz CT molecular complexity index is 1270. The van der Waals surface area contributed by atoms with E-state index in [2.05, 4.69) is 24.3 Å². The van der Waals surface area contributed by atoms with E-state index in [1.807, 2.05) is 66.7 Å². The molecule has 4 aromatic rings. The van der Waals surface area contributed by atoms with Gasteiger partial charge in [0.1, 0.15) is 11.4 Å². The predicted octanol–water partition coefficient (Wildman–Crippen LogP) is 5.95. The summed E-state index contributed by atoms with van der Waals surface area (Å²) in [5, 5.41) is 2.27. The molecule has 0 bridgehead atoms. The summed E-state index contributed by atoms with van der Waals surface area (Å²) in [6.07, 6.45) is 0. The molecular weight excluding hydrogens is 358 g/mol. The number of ketones is 1. The van der Waals surface area contributed by atoms with Crippen LogP contribution in [0, 0.1) is 0 Å². The van der Waals surface area contributed by atoms with E-state index in [-0.39, 0.29) is 5.78 Å². The van der Waals surface area contributed by atoms with Crippen LogP contribution in [0.2, 0.25) is 0 Å². The van der Waals surface area contributed by atoms with Crippen molar-refractivity contribution in [1.29, 1.82) is 0 Å². The molecule has 0 amide bonds. The molecule has 0 N–H and O–H groups in total. The summed E-state index contributed by atoms with van der Waals surface area (Å²) in [5.74, 6) is 0.348. The molecule has 3 heteroatoms. The zero-order chi connectivity index (χ0) is 19.8. The van der Waals surface area contributed by atoms with Crippen LogP contribution in [-0.4, -0.2) is 18.6 Å². The molecule has 4 aromatic carbocycles. The monoisotopic (exact) mass is 377 g/mol. The number of methoxy groups -OCH3 is 1. The Morgan fingerprint density at radius 2 is 1.45 bits per heavy atom. The molecule has 0 saturated heterocycles. The Morgan fingerprint density at radius 1 is 0.759 bits per heavy atom. The molecule has 140 valence electrons. The van der Waals surface area contributed by atoms with Crippen LogP contribution in [0.3, 0.4) is 0 Å². The second-order valence-electron chi connectivity index (χ2n) is 7.12. The molecule has 0 spiro atoms. The van der Waals surface area contributed by atoms with E-state index in [0.717, 1.165) is 38.9 Å². The van der Waals surface area contributed by atoms with Crippen molar-refractivity contribution in [2.75, 3.05) is 7.11 Å². The molecule has 3 nitrogen and oxygen atoms in total. The predicted molar refractivity (Wildman–Crippen MR) is 117 cm³/mol. The van der Waals surface area contributed by atoms with Gasteiger partial charge in [0, 0.05) is 11.1 Å². The quantitative estimate of drug-likeness (QED) is 0.442. The lowest BCUT2D eigenvalue weighted by atomic mass is 9.91. The molecule has 1 aliphatic rings. The first-order valence-electron chi connectivity index (χ1n) is 9.60. The number of hydrogen-bond acceptors (Lipinski definition) is 3. The van der Waals surface area contributed by atoms with Crippen LogP contribution in [0.4, 0.5) is 5.69 Å². The maximum Gasteiger partial charge on any atom is 0.176 e. The third-order valence-corrected chi connectivity index (χ3v) is 5.44. The summed E-state index contributed by atoms with van der Waals surface area (Å²) in [6.45, 7) is 0.